The summed E-state index contributed by atoms with van der Waals surface area (Å²) in [6, 6.07) is 18.2. The molecule has 2 aromatic carbocycles. The number of halogens is 1. The van der Waals surface area contributed by atoms with Crippen LogP contribution in [0.5, 0.6) is 0 Å². The van der Waals surface area contributed by atoms with Crippen LogP contribution in [0, 0.1) is 21.4 Å². The maximum atomic E-state index is 13.4. The van der Waals surface area contributed by atoms with Crippen molar-refractivity contribution in [3.63, 3.8) is 0 Å². The molecule has 2 heterocycles. The van der Waals surface area contributed by atoms with Crippen molar-refractivity contribution in [3.8, 4) is 6.07 Å². The number of nitriles is 1. The number of carbonyl (C=O) groups excluding carboxylic acids is 2. The number of anilines is 1. The highest BCUT2D eigenvalue weighted by Crippen LogP contribution is 2.43. The molecule has 1 saturated heterocycles. The van der Waals surface area contributed by atoms with E-state index >= 15 is 0 Å². The van der Waals surface area contributed by atoms with E-state index in [9.17, 15) is 25.0 Å². The quantitative estimate of drug-likeness (QED) is 0.149. The fraction of sp³-hybridized carbons (Fsp3) is 0.387. The normalized spacial score (nSPS) is 19.4. The van der Waals surface area contributed by atoms with Gasteiger partial charge in [0.15, 0.2) is 0 Å². The van der Waals surface area contributed by atoms with E-state index < -0.39 is 28.4 Å². The van der Waals surface area contributed by atoms with Gasteiger partial charge < -0.3 is 19.3 Å². The first-order valence-electron chi connectivity index (χ1n) is 14.2. The highest BCUT2D eigenvalue weighted by molar-refractivity contribution is 6.28. The number of methoxy groups -OCH3 is 1. The number of benzene rings is 2. The molecule has 1 amide bonds. The van der Waals surface area contributed by atoms with E-state index in [4.69, 9.17) is 21.1 Å². The minimum absolute atomic E-state index is 0.00800. The second kappa shape index (κ2) is 13.3. The predicted molar refractivity (Wildman–Crippen MR) is 160 cm³/mol. The van der Waals surface area contributed by atoms with Crippen molar-refractivity contribution in [2.24, 2.45) is 0 Å². The molecule has 13 heteroatoms. The molecule has 0 bridgehead atoms. The third kappa shape index (κ3) is 6.14. The second-order valence-corrected chi connectivity index (χ2v) is 11.2. The Bertz CT molecular complexity index is 1600. The van der Waals surface area contributed by atoms with E-state index in [1.54, 1.807) is 4.90 Å². The third-order valence-electron chi connectivity index (χ3n) is 8.27. The van der Waals surface area contributed by atoms with Crippen molar-refractivity contribution in [2.75, 3.05) is 31.6 Å². The molecule has 2 aliphatic rings. The lowest BCUT2D eigenvalue weighted by molar-refractivity contribution is -0.385. The number of nitrogens with zero attached hydrogens (tertiary/aromatic N) is 6. The molecule has 1 aliphatic carbocycles. The van der Waals surface area contributed by atoms with Crippen LogP contribution < -0.4 is 4.90 Å². The van der Waals surface area contributed by atoms with Crippen LogP contribution >= 0.6 is 11.6 Å². The summed E-state index contributed by atoms with van der Waals surface area (Å²) < 4.78 is 10.8. The Labute approximate surface area is 259 Å². The molecule has 1 aliphatic heterocycles. The number of esters is 1. The first-order valence-corrected chi connectivity index (χ1v) is 14.6. The zero-order valence-corrected chi connectivity index (χ0v) is 24.9. The fourth-order valence-corrected chi connectivity index (χ4v) is 6.41. The minimum Gasteiger partial charge on any atom is -0.468 e. The smallest absolute Gasteiger partial charge is 0.410 e. The average Bonchev–Trinajstić information content (AvgIpc) is 3.03. The summed E-state index contributed by atoms with van der Waals surface area (Å²) in [6.45, 7) is 0.446. The zero-order chi connectivity index (χ0) is 31.3. The SMILES string of the molecule is COC(=O)C1(Cc2nc(Cl)nc(N3CCN(C(=O)OCc4ccccc4)[C@@H](CC#N)C3)c2[N+](=O)[O-])CCCc2ccccc21. The van der Waals surface area contributed by atoms with E-state index in [2.05, 4.69) is 16.0 Å². The molecule has 2 atom stereocenters. The van der Waals surface area contributed by atoms with Crippen molar-refractivity contribution in [2.45, 2.75) is 50.2 Å². The molecule has 0 radical (unpaired) electrons. The number of carbonyl (C=O) groups is 2. The monoisotopic (exact) mass is 618 g/mol. The van der Waals surface area contributed by atoms with Crippen LogP contribution in [-0.2, 0) is 39.1 Å². The van der Waals surface area contributed by atoms with Crippen molar-refractivity contribution in [3.05, 3.63) is 92.4 Å². The topological polar surface area (TPSA) is 152 Å². The first-order chi connectivity index (χ1) is 21.3. The molecule has 0 saturated carbocycles. The Morgan fingerprint density at radius 3 is 2.64 bits per heavy atom. The Balaban J connectivity index is 1.46. The van der Waals surface area contributed by atoms with Gasteiger partial charge >= 0.3 is 17.7 Å². The minimum atomic E-state index is -1.20. The van der Waals surface area contributed by atoms with Crippen LogP contribution in [0.2, 0.25) is 5.28 Å². The van der Waals surface area contributed by atoms with E-state index in [-0.39, 0.29) is 61.6 Å². The van der Waals surface area contributed by atoms with Gasteiger partial charge in [-0.3, -0.25) is 14.9 Å². The third-order valence-corrected chi connectivity index (χ3v) is 8.44. The van der Waals surface area contributed by atoms with Crippen molar-refractivity contribution >= 4 is 35.2 Å². The van der Waals surface area contributed by atoms with Crippen molar-refractivity contribution in [1.82, 2.24) is 14.9 Å². The maximum absolute atomic E-state index is 13.4. The van der Waals surface area contributed by atoms with Crippen molar-refractivity contribution < 1.29 is 24.0 Å². The number of aromatic nitrogens is 2. The zero-order valence-electron chi connectivity index (χ0n) is 24.1. The lowest BCUT2D eigenvalue weighted by Crippen LogP contribution is -2.55. The summed E-state index contributed by atoms with van der Waals surface area (Å²) in [4.78, 5) is 50.1. The van der Waals surface area contributed by atoms with Gasteiger partial charge in [-0.1, -0.05) is 54.6 Å². The molecule has 1 fully saturated rings. The maximum Gasteiger partial charge on any atom is 0.410 e. The number of fused-ring (bicyclic) bond motifs is 1. The highest BCUT2D eigenvalue weighted by Gasteiger charge is 2.47. The lowest BCUT2D eigenvalue weighted by atomic mass is 9.67. The average molecular weight is 619 g/mol. The Morgan fingerprint density at radius 1 is 1.16 bits per heavy atom. The molecule has 0 spiro atoms. The number of hydrogen-bond acceptors (Lipinski definition) is 10. The van der Waals surface area contributed by atoms with E-state index in [1.165, 1.54) is 12.0 Å². The highest BCUT2D eigenvalue weighted by atomic mass is 35.5. The number of nitro groups is 1. The number of hydrogen-bond donors (Lipinski definition) is 0. The Kier molecular flexibility index (Phi) is 9.25. The van der Waals surface area contributed by atoms with Crippen LogP contribution in [0.15, 0.2) is 54.6 Å². The largest absolute Gasteiger partial charge is 0.468 e. The Hall–Kier alpha value is -4.76. The van der Waals surface area contributed by atoms with Crippen LogP contribution in [0.3, 0.4) is 0 Å². The summed E-state index contributed by atoms with van der Waals surface area (Å²) in [6.07, 6.45) is 1.14. The van der Waals surface area contributed by atoms with E-state index in [1.807, 2.05) is 54.6 Å². The van der Waals surface area contributed by atoms with Gasteiger partial charge in [0.1, 0.15) is 12.3 Å². The van der Waals surface area contributed by atoms with Gasteiger partial charge in [-0.2, -0.15) is 10.2 Å². The number of amides is 1. The van der Waals surface area contributed by atoms with Crippen LogP contribution in [0.4, 0.5) is 16.3 Å². The summed E-state index contributed by atoms with van der Waals surface area (Å²) >= 11 is 6.37. The van der Waals surface area contributed by atoms with Gasteiger partial charge in [0.05, 0.1) is 36.0 Å². The van der Waals surface area contributed by atoms with E-state index in [0.717, 1.165) is 23.1 Å². The molecule has 1 aromatic heterocycles. The van der Waals surface area contributed by atoms with Gasteiger partial charge in [-0.25, -0.2) is 9.78 Å². The molecule has 228 valence electrons. The standard InChI is InChI=1S/C31H31ClN6O6/c1-43-28(39)31(14-7-11-22-10-5-6-12-24(22)31)18-25-26(38(41)42)27(35-29(32)34-25)36-16-17-37(23(19-36)13-15-33)30(40)44-20-21-8-3-2-4-9-21/h2-6,8-10,12,23H,7,11,13-14,16-20H2,1H3/t23-,31?/m0/s1. The molecule has 0 N–H and O–H groups in total. The molecular weight excluding hydrogens is 588 g/mol. The molecule has 12 nitrogen and oxygen atoms in total. The van der Waals surface area contributed by atoms with Crippen LogP contribution in [0.1, 0.15) is 41.6 Å². The number of ether oxygens (including phenoxy) is 2. The first kappa shape index (κ1) is 30.7. The molecular formula is C31H31ClN6O6. The summed E-state index contributed by atoms with van der Waals surface area (Å²) in [5, 5.41) is 21.9. The summed E-state index contributed by atoms with van der Waals surface area (Å²) in [7, 11) is 1.30. The van der Waals surface area contributed by atoms with Crippen molar-refractivity contribution in [1.29, 1.82) is 5.26 Å². The summed E-state index contributed by atoms with van der Waals surface area (Å²) in [5.74, 6) is -0.540. The van der Waals surface area contributed by atoms with E-state index in [0.29, 0.717) is 12.8 Å². The second-order valence-electron chi connectivity index (χ2n) is 10.8. The summed E-state index contributed by atoms with van der Waals surface area (Å²) in [5.41, 5.74) is 0.973. The number of aryl methyl sites for hydroxylation is 1. The molecule has 5 rings (SSSR count). The van der Waals surface area contributed by atoms with Crippen LogP contribution in [0.25, 0.3) is 0 Å². The van der Waals surface area contributed by atoms with Gasteiger partial charge in [0.2, 0.25) is 11.1 Å². The molecule has 1 unspecified atom stereocenters. The van der Waals surface area contributed by atoms with Gasteiger partial charge in [0, 0.05) is 26.1 Å². The lowest BCUT2D eigenvalue weighted by Gasteiger charge is -2.40. The van der Waals surface area contributed by atoms with Gasteiger partial charge in [-0.05, 0) is 47.6 Å². The molecule has 44 heavy (non-hydrogen) atoms. The molecule has 3 aromatic rings. The van der Waals surface area contributed by atoms with Crippen LogP contribution in [-0.4, -0.2) is 64.6 Å². The fourth-order valence-electron chi connectivity index (χ4n) is 6.23. The van der Waals surface area contributed by atoms with Gasteiger partial charge in [-0.15, -0.1) is 0 Å². The number of rotatable bonds is 8. The Morgan fingerprint density at radius 2 is 1.91 bits per heavy atom. The number of piperazine rings is 1. The predicted octanol–water partition coefficient (Wildman–Crippen LogP) is 4.77. The van der Waals surface area contributed by atoms with Gasteiger partial charge in [0.25, 0.3) is 0 Å².